The SMILES string of the molecule is COc1nnc(NCc2cncs2)s1. The maximum atomic E-state index is 4.93. The summed E-state index contributed by atoms with van der Waals surface area (Å²) in [4.78, 5) is 5.14. The molecule has 2 rings (SSSR count). The van der Waals surface area contributed by atoms with Crippen molar-refractivity contribution in [1.29, 1.82) is 0 Å². The van der Waals surface area contributed by atoms with Crippen molar-refractivity contribution in [3.8, 4) is 5.19 Å². The maximum absolute atomic E-state index is 4.93. The molecule has 74 valence electrons. The van der Waals surface area contributed by atoms with Gasteiger partial charge in [-0.2, -0.15) is 0 Å². The smallest absolute Gasteiger partial charge is 0.295 e. The highest BCUT2D eigenvalue weighted by atomic mass is 32.1. The van der Waals surface area contributed by atoms with E-state index in [9.17, 15) is 0 Å². The van der Waals surface area contributed by atoms with Crippen molar-refractivity contribution in [3.63, 3.8) is 0 Å². The third kappa shape index (κ3) is 2.18. The van der Waals surface area contributed by atoms with Gasteiger partial charge in [-0.05, 0) is 11.3 Å². The highest BCUT2D eigenvalue weighted by Crippen LogP contribution is 2.22. The lowest BCUT2D eigenvalue weighted by molar-refractivity contribution is 0.407. The number of hydrogen-bond donors (Lipinski definition) is 1. The molecule has 7 heteroatoms. The van der Waals surface area contributed by atoms with Crippen LogP contribution in [0.3, 0.4) is 0 Å². The number of nitrogens with one attached hydrogen (secondary N) is 1. The van der Waals surface area contributed by atoms with Crippen LogP contribution in [0.25, 0.3) is 0 Å². The number of anilines is 1. The number of hydrogen-bond acceptors (Lipinski definition) is 7. The summed E-state index contributed by atoms with van der Waals surface area (Å²) in [5, 5.41) is 12.2. The lowest BCUT2D eigenvalue weighted by Gasteiger charge is -1.96. The summed E-state index contributed by atoms with van der Waals surface area (Å²) in [7, 11) is 1.58. The molecule has 0 spiro atoms. The fraction of sp³-hybridized carbons (Fsp3) is 0.286. The van der Waals surface area contributed by atoms with Crippen LogP contribution < -0.4 is 10.1 Å². The van der Waals surface area contributed by atoms with Gasteiger partial charge in [0, 0.05) is 11.1 Å². The van der Waals surface area contributed by atoms with Crippen molar-refractivity contribution in [2.24, 2.45) is 0 Å². The molecule has 2 heterocycles. The number of aromatic nitrogens is 3. The Hall–Kier alpha value is -1.21. The predicted molar refractivity (Wildman–Crippen MR) is 55.9 cm³/mol. The molecule has 0 fully saturated rings. The van der Waals surface area contributed by atoms with E-state index in [4.69, 9.17) is 4.74 Å². The Morgan fingerprint density at radius 3 is 3.07 bits per heavy atom. The minimum Gasteiger partial charge on any atom is -0.472 e. The molecule has 0 amide bonds. The quantitative estimate of drug-likeness (QED) is 0.861. The number of rotatable bonds is 4. The molecule has 5 nitrogen and oxygen atoms in total. The van der Waals surface area contributed by atoms with Crippen molar-refractivity contribution in [1.82, 2.24) is 15.2 Å². The van der Waals surface area contributed by atoms with Gasteiger partial charge in [0.05, 0.1) is 19.2 Å². The predicted octanol–water partition coefficient (Wildman–Crippen LogP) is 1.62. The van der Waals surface area contributed by atoms with Gasteiger partial charge in [-0.15, -0.1) is 16.4 Å². The van der Waals surface area contributed by atoms with Gasteiger partial charge in [0.2, 0.25) is 5.13 Å². The van der Waals surface area contributed by atoms with Crippen LogP contribution >= 0.6 is 22.7 Å². The molecule has 0 aliphatic heterocycles. The average molecular weight is 228 g/mol. The van der Waals surface area contributed by atoms with Crippen molar-refractivity contribution in [2.75, 3.05) is 12.4 Å². The Bertz CT molecular complexity index is 386. The monoisotopic (exact) mass is 228 g/mol. The second-order valence-corrected chi connectivity index (χ2v) is 4.31. The zero-order chi connectivity index (χ0) is 9.80. The first-order chi connectivity index (χ1) is 6.88. The standard InChI is InChI=1S/C7H8N4OS2/c1-12-7-11-10-6(14-7)9-3-5-2-8-4-13-5/h2,4H,3H2,1H3,(H,9,10). The van der Waals surface area contributed by atoms with Gasteiger partial charge in [-0.3, -0.25) is 4.98 Å². The summed E-state index contributed by atoms with van der Waals surface area (Å²) in [6, 6.07) is 0. The van der Waals surface area contributed by atoms with Crippen LogP contribution in [0.2, 0.25) is 0 Å². The van der Waals surface area contributed by atoms with E-state index in [-0.39, 0.29) is 0 Å². The van der Waals surface area contributed by atoms with Crippen molar-refractivity contribution in [3.05, 3.63) is 16.6 Å². The number of thiazole rings is 1. The number of methoxy groups -OCH3 is 1. The van der Waals surface area contributed by atoms with Crippen LogP contribution in [0.1, 0.15) is 4.88 Å². The van der Waals surface area contributed by atoms with Gasteiger partial charge >= 0.3 is 0 Å². The van der Waals surface area contributed by atoms with Gasteiger partial charge in [0.1, 0.15) is 0 Å². The summed E-state index contributed by atoms with van der Waals surface area (Å²) in [6.07, 6.45) is 1.83. The molecule has 2 aromatic heterocycles. The fourth-order valence-electron chi connectivity index (χ4n) is 0.856. The van der Waals surface area contributed by atoms with Crippen LogP contribution in [-0.4, -0.2) is 22.3 Å². The molecule has 0 unspecified atom stereocenters. The van der Waals surface area contributed by atoms with E-state index in [0.717, 1.165) is 11.7 Å². The third-order valence-electron chi connectivity index (χ3n) is 1.48. The minimum atomic E-state index is 0.566. The van der Waals surface area contributed by atoms with E-state index in [1.165, 1.54) is 16.2 Å². The summed E-state index contributed by atoms with van der Waals surface area (Å²) in [5.41, 5.74) is 1.80. The summed E-state index contributed by atoms with van der Waals surface area (Å²) < 4.78 is 4.93. The minimum absolute atomic E-state index is 0.566. The molecular weight excluding hydrogens is 220 g/mol. The van der Waals surface area contributed by atoms with Crippen LogP contribution in [0.4, 0.5) is 5.13 Å². The van der Waals surface area contributed by atoms with Gasteiger partial charge in [-0.25, -0.2) is 0 Å². The Morgan fingerprint density at radius 2 is 2.43 bits per heavy atom. The Kier molecular flexibility index (Phi) is 2.90. The van der Waals surface area contributed by atoms with Gasteiger partial charge in [-0.1, -0.05) is 5.10 Å². The Morgan fingerprint density at radius 1 is 1.50 bits per heavy atom. The summed E-state index contributed by atoms with van der Waals surface area (Å²) in [6.45, 7) is 0.725. The van der Waals surface area contributed by atoms with Crippen LogP contribution in [0, 0.1) is 0 Å². The van der Waals surface area contributed by atoms with Crippen molar-refractivity contribution in [2.45, 2.75) is 6.54 Å². The first kappa shape index (κ1) is 9.35. The Labute approximate surface area is 88.8 Å². The van der Waals surface area contributed by atoms with E-state index >= 15 is 0 Å². The van der Waals surface area contributed by atoms with Gasteiger partial charge < -0.3 is 10.1 Å². The van der Waals surface area contributed by atoms with E-state index < -0.39 is 0 Å². The largest absolute Gasteiger partial charge is 0.472 e. The summed E-state index contributed by atoms with van der Waals surface area (Å²) in [5.74, 6) is 0. The lowest BCUT2D eigenvalue weighted by Crippen LogP contribution is -1.96. The van der Waals surface area contributed by atoms with E-state index in [1.807, 2.05) is 6.20 Å². The molecule has 14 heavy (non-hydrogen) atoms. The molecule has 0 bridgehead atoms. The molecule has 0 saturated heterocycles. The molecule has 1 N–H and O–H groups in total. The zero-order valence-electron chi connectivity index (χ0n) is 7.43. The fourth-order valence-corrected chi connectivity index (χ4v) is 1.95. The zero-order valence-corrected chi connectivity index (χ0v) is 9.06. The van der Waals surface area contributed by atoms with Gasteiger partial charge in [0.15, 0.2) is 0 Å². The second kappa shape index (κ2) is 4.34. The first-order valence-corrected chi connectivity index (χ1v) is 5.57. The molecular formula is C7H8N4OS2. The van der Waals surface area contributed by atoms with Crippen molar-refractivity contribution < 1.29 is 4.74 Å². The van der Waals surface area contributed by atoms with Crippen molar-refractivity contribution >= 4 is 27.8 Å². The molecule has 0 aromatic carbocycles. The third-order valence-corrected chi connectivity index (χ3v) is 3.10. The first-order valence-electron chi connectivity index (χ1n) is 3.87. The van der Waals surface area contributed by atoms with Gasteiger partial charge in [0.25, 0.3) is 5.19 Å². The molecule has 2 aromatic rings. The van der Waals surface area contributed by atoms with Crippen LogP contribution in [0.15, 0.2) is 11.7 Å². The van der Waals surface area contributed by atoms with E-state index in [2.05, 4.69) is 20.5 Å². The van der Waals surface area contributed by atoms with Crippen LogP contribution in [-0.2, 0) is 6.54 Å². The number of nitrogens with zero attached hydrogens (tertiary/aromatic N) is 3. The Balaban J connectivity index is 1.92. The lowest BCUT2D eigenvalue weighted by atomic mass is 10.5. The average Bonchev–Trinajstić information content (AvgIpc) is 2.86. The molecule has 0 saturated carbocycles. The normalized spacial score (nSPS) is 10.1. The van der Waals surface area contributed by atoms with E-state index in [1.54, 1.807) is 24.0 Å². The van der Waals surface area contributed by atoms with E-state index in [0.29, 0.717) is 5.19 Å². The molecule has 0 atom stereocenters. The van der Waals surface area contributed by atoms with Crippen LogP contribution in [0.5, 0.6) is 5.19 Å². The number of ether oxygens (including phenoxy) is 1. The molecule has 0 aliphatic rings. The topological polar surface area (TPSA) is 59.9 Å². The summed E-state index contributed by atoms with van der Waals surface area (Å²) >= 11 is 2.99. The maximum Gasteiger partial charge on any atom is 0.295 e. The molecule has 0 radical (unpaired) electrons. The highest BCUT2D eigenvalue weighted by molar-refractivity contribution is 7.16. The molecule has 0 aliphatic carbocycles. The highest BCUT2D eigenvalue weighted by Gasteiger charge is 2.03. The second-order valence-electron chi connectivity index (χ2n) is 2.40.